The van der Waals surface area contributed by atoms with Crippen LogP contribution in [-0.4, -0.2) is 18.0 Å². The summed E-state index contributed by atoms with van der Waals surface area (Å²) in [5.41, 5.74) is 0. The molecule has 0 aromatic heterocycles. The van der Waals surface area contributed by atoms with Gasteiger partial charge in [-0.2, -0.15) is 8.78 Å². The van der Waals surface area contributed by atoms with Crippen molar-refractivity contribution in [2.45, 2.75) is 10.9 Å². The first-order chi connectivity index (χ1) is 3.81. The Morgan fingerprint density at radius 1 is 1.75 bits per heavy atom. The molecule has 50 valence electrons. The predicted octanol–water partition coefficient (Wildman–Crippen LogP) is 2.03. The van der Waals surface area contributed by atoms with Crippen LogP contribution in [0.1, 0.15) is 1.37 Å². The molecule has 0 fully saturated rings. The lowest BCUT2D eigenvalue weighted by Gasteiger charge is -2.13. The number of alkyl halides is 4. The summed E-state index contributed by atoms with van der Waals surface area (Å²) in [6.07, 6.45) is -3.82. The number of halogens is 4. The molecule has 0 aliphatic rings. The van der Waals surface area contributed by atoms with Crippen LogP contribution in [0.2, 0.25) is 0 Å². The maximum Gasteiger partial charge on any atom is 0.385 e. The molecule has 0 aliphatic heterocycles. The number of rotatable bonds is 2. The van der Waals surface area contributed by atoms with Crippen molar-refractivity contribution in [3.05, 3.63) is 0 Å². The first-order valence-corrected chi connectivity index (χ1v) is 2.37. The monoisotopic (exact) mass is 166 g/mol. The molecule has 5 heteroatoms. The van der Waals surface area contributed by atoms with Crippen molar-refractivity contribution < 1.29 is 14.9 Å². The standard InChI is InChI=1S/C3H4Cl2F2O/c1-8-3(6,7)2(4)5/h2H,1H3/i2T. The molecule has 0 aromatic rings. The Balaban J connectivity index is 4.14. The van der Waals surface area contributed by atoms with E-state index in [9.17, 15) is 8.78 Å². The lowest BCUT2D eigenvalue weighted by atomic mass is 10.7. The van der Waals surface area contributed by atoms with Crippen LogP contribution in [-0.2, 0) is 4.74 Å². The van der Waals surface area contributed by atoms with Crippen LogP contribution < -0.4 is 0 Å². The molecule has 0 aromatic carbocycles. The Labute approximate surface area is 56.9 Å². The number of ether oxygens (including phenoxy) is 1. The highest BCUT2D eigenvalue weighted by Crippen LogP contribution is 2.26. The molecule has 0 amide bonds. The SMILES string of the molecule is [3H]C(Cl)(Cl)C(F)(F)OC. The Kier molecular flexibility index (Phi) is 2.28. The maximum atomic E-state index is 12.0. The van der Waals surface area contributed by atoms with E-state index in [-0.39, 0.29) is 0 Å². The molecule has 8 heavy (non-hydrogen) atoms. The number of hydrogen-bond donors (Lipinski definition) is 0. The smallest absolute Gasteiger partial charge is 0.322 e. The lowest BCUT2D eigenvalue weighted by Crippen LogP contribution is -2.26. The summed E-state index contributed by atoms with van der Waals surface area (Å²) in [6.45, 7) is 0. The minimum atomic E-state index is -3.82. The van der Waals surface area contributed by atoms with Gasteiger partial charge >= 0.3 is 6.11 Å². The molecular weight excluding hydrogens is 161 g/mol. The van der Waals surface area contributed by atoms with Gasteiger partial charge in [0.15, 0.2) is 4.81 Å². The summed E-state index contributed by atoms with van der Waals surface area (Å²) in [7, 11) is 0.716. The molecule has 0 N–H and O–H groups in total. The van der Waals surface area contributed by atoms with Gasteiger partial charge in [0.2, 0.25) is 0 Å². The first-order valence-electron chi connectivity index (χ1n) is 2.12. The Bertz CT molecular complexity index is 102. The van der Waals surface area contributed by atoms with E-state index in [4.69, 9.17) is 1.37 Å². The summed E-state index contributed by atoms with van der Waals surface area (Å²) >= 11 is 9.36. The highest BCUT2D eigenvalue weighted by Gasteiger charge is 2.36. The van der Waals surface area contributed by atoms with Crippen molar-refractivity contribution in [2.75, 3.05) is 7.11 Å². The first kappa shape index (κ1) is 6.52. The van der Waals surface area contributed by atoms with E-state index >= 15 is 0 Å². The van der Waals surface area contributed by atoms with Crippen LogP contribution in [0.4, 0.5) is 8.78 Å². The summed E-state index contributed by atoms with van der Waals surface area (Å²) in [5.74, 6) is 0. The van der Waals surface area contributed by atoms with Crippen LogP contribution in [0.15, 0.2) is 0 Å². The molecule has 0 saturated heterocycles. The normalized spacial score (nSPS) is 15.9. The van der Waals surface area contributed by atoms with E-state index < -0.39 is 10.9 Å². The second-order valence-corrected chi connectivity index (χ2v) is 1.93. The van der Waals surface area contributed by atoms with Crippen LogP contribution in [0.3, 0.4) is 0 Å². The van der Waals surface area contributed by atoms with Crippen LogP contribution in [0, 0.1) is 0 Å². The third kappa shape index (κ3) is 2.11. The van der Waals surface area contributed by atoms with Gasteiger partial charge in [-0.05, 0) is 0 Å². The zero-order valence-electron chi connectivity index (χ0n) is 4.92. The van der Waals surface area contributed by atoms with Gasteiger partial charge in [-0.3, -0.25) is 0 Å². The summed E-state index contributed by atoms with van der Waals surface area (Å²) in [6, 6.07) is 0. The van der Waals surface area contributed by atoms with E-state index in [2.05, 4.69) is 27.9 Å². The number of hydrogen-bond acceptors (Lipinski definition) is 1. The average Bonchev–Trinajstić information content (AvgIpc) is 1.64. The average molecular weight is 167 g/mol. The minimum absolute atomic E-state index is 0.716. The van der Waals surface area contributed by atoms with Crippen molar-refractivity contribution in [3.8, 4) is 0 Å². The van der Waals surface area contributed by atoms with Crippen LogP contribution in [0.5, 0.6) is 0 Å². The van der Waals surface area contributed by atoms with Crippen LogP contribution in [0.25, 0.3) is 0 Å². The van der Waals surface area contributed by atoms with Gasteiger partial charge in [0, 0.05) is 7.11 Å². The Morgan fingerprint density at radius 3 is 2.12 bits per heavy atom. The summed E-state index contributed by atoms with van der Waals surface area (Å²) in [5, 5.41) is 0. The van der Waals surface area contributed by atoms with Crippen molar-refractivity contribution in [2.24, 2.45) is 0 Å². The molecule has 0 radical (unpaired) electrons. The fourth-order valence-electron chi connectivity index (χ4n) is 0.0772. The van der Waals surface area contributed by atoms with Crippen molar-refractivity contribution in [1.82, 2.24) is 0 Å². The van der Waals surface area contributed by atoms with Gasteiger partial charge < -0.3 is 4.74 Å². The quantitative estimate of drug-likeness (QED) is 0.571. The molecule has 0 spiro atoms. The molecular formula is C3H4Cl2F2O. The molecule has 0 unspecified atom stereocenters. The fourth-order valence-corrected chi connectivity index (χ4v) is 0.231. The molecule has 0 bridgehead atoms. The molecule has 0 rings (SSSR count). The third-order valence-corrected chi connectivity index (χ3v) is 0.916. The number of methoxy groups -OCH3 is 1. The summed E-state index contributed by atoms with van der Waals surface area (Å²) < 4.78 is 33.9. The molecule has 0 heterocycles. The maximum absolute atomic E-state index is 12.0. The predicted molar refractivity (Wildman–Crippen MR) is 27.4 cm³/mol. The zero-order chi connectivity index (χ0) is 7.71. The third-order valence-electron chi connectivity index (χ3n) is 0.476. The van der Waals surface area contributed by atoms with E-state index in [0.717, 1.165) is 0 Å². The zero-order valence-corrected chi connectivity index (χ0v) is 5.43. The van der Waals surface area contributed by atoms with Gasteiger partial charge in [-0.1, -0.05) is 23.2 Å². The Hall–Kier alpha value is 0.400. The Morgan fingerprint density at radius 2 is 2.12 bits per heavy atom. The second-order valence-electron chi connectivity index (χ2n) is 0.981. The van der Waals surface area contributed by atoms with Crippen molar-refractivity contribution in [3.63, 3.8) is 0 Å². The second kappa shape index (κ2) is 2.80. The topological polar surface area (TPSA) is 9.23 Å². The highest BCUT2D eigenvalue weighted by molar-refractivity contribution is 6.44. The van der Waals surface area contributed by atoms with Gasteiger partial charge in [0.05, 0.1) is 1.37 Å². The molecule has 0 saturated carbocycles. The van der Waals surface area contributed by atoms with Gasteiger partial charge in [0.1, 0.15) is 0 Å². The molecule has 0 atom stereocenters. The van der Waals surface area contributed by atoms with E-state index in [1.165, 1.54) is 0 Å². The van der Waals surface area contributed by atoms with Crippen molar-refractivity contribution in [1.29, 1.82) is 0 Å². The largest absolute Gasteiger partial charge is 0.385 e. The van der Waals surface area contributed by atoms with Crippen molar-refractivity contribution >= 4 is 23.2 Å². The van der Waals surface area contributed by atoms with Crippen LogP contribution >= 0.6 is 23.2 Å². The van der Waals surface area contributed by atoms with Gasteiger partial charge in [0.25, 0.3) is 0 Å². The lowest BCUT2D eigenvalue weighted by molar-refractivity contribution is -0.210. The van der Waals surface area contributed by atoms with E-state index in [1.807, 2.05) is 0 Å². The molecule has 1 nitrogen and oxygen atoms in total. The van der Waals surface area contributed by atoms with E-state index in [1.54, 1.807) is 0 Å². The summed E-state index contributed by atoms with van der Waals surface area (Å²) in [4.78, 5) is -2.91. The highest BCUT2D eigenvalue weighted by atomic mass is 35.5. The van der Waals surface area contributed by atoms with E-state index in [0.29, 0.717) is 7.11 Å². The fraction of sp³-hybridized carbons (Fsp3) is 1.00. The molecule has 0 aliphatic carbocycles. The van der Waals surface area contributed by atoms with Gasteiger partial charge in [-0.15, -0.1) is 0 Å². The van der Waals surface area contributed by atoms with Gasteiger partial charge in [-0.25, -0.2) is 0 Å². The minimum Gasteiger partial charge on any atom is -0.322 e.